The van der Waals surface area contributed by atoms with Crippen molar-refractivity contribution in [3.63, 3.8) is 0 Å². The van der Waals surface area contributed by atoms with Crippen LogP contribution in [-0.4, -0.2) is 44.6 Å². The fourth-order valence-corrected chi connectivity index (χ4v) is 2.50. The highest BCUT2D eigenvalue weighted by Crippen LogP contribution is 2.32. The molecule has 0 spiro atoms. The molecule has 130 valence electrons. The highest BCUT2D eigenvalue weighted by molar-refractivity contribution is 6.04. The van der Waals surface area contributed by atoms with Crippen LogP contribution in [0.2, 0.25) is 0 Å². The number of amidine groups is 1. The number of amides is 1. The van der Waals surface area contributed by atoms with Crippen LogP contribution >= 0.6 is 0 Å². The Morgan fingerprint density at radius 3 is 3.04 bits per heavy atom. The van der Waals surface area contributed by atoms with E-state index in [1.165, 1.54) is 0 Å². The molecule has 2 aliphatic rings. The summed E-state index contributed by atoms with van der Waals surface area (Å²) in [6.45, 7) is 3.92. The molecule has 24 heavy (non-hydrogen) atoms. The maximum Gasteiger partial charge on any atom is 0.291 e. The molecule has 0 radical (unpaired) electrons. The Hall–Kier alpha value is -2.28. The first-order valence-corrected chi connectivity index (χ1v) is 8.26. The molecule has 3 rings (SSSR count). The van der Waals surface area contributed by atoms with Gasteiger partial charge in [-0.25, -0.2) is 4.99 Å². The van der Waals surface area contributed by atoms with Gasteiger partial charge in [-0.05, 0) is 37.5 Å². The molecule has 0 unspecified atom stereocenters. The molecule has 2 heterocycles. The van der Waals surface area contributed by atoms with Crippen molar-refractivity contribution >= 4 is 11.9 Å². The summed E-state index contributed by atoms with van der Waals surface area (Å²) in [5, 5.41) is 2.72. The molecular weight excluding hydrogens is 312 g/mol. The van der Waals surface area contributed by atoms with Crippen LogP contribution in [0.3, 0.4) is 0 Å². The maximum atomic E-state index is 12.4. The van der Waals surface area contributed by atoms with E-state index in [2.05, 4.69) is 10.3 Å². The smallest absolute Gasteiger partial charge is 0.291 e. The summed E-state index contributed by atoms with van der Waals surface area (Å²) in [6, 6.07) is 5.28. The second kappa shape index (κ2) is 8.01. The predicted octanol–water partition coefficient (Wildman–Crippen LogP) is 2.11. The van der Waals surface area contributed by atoms with Crippen LogP contribution in [0.4, 0.5) is 0 Å². The van der Waals surface area contributed by atoms with Gasteiger partial charge >= 0.3 is 0 Å². The van der Waals surface area contributed by atoms with Crippen molar-refractivity contribution < 1.29 is 23.7 Å². The number of nitrogens with zero attached hydrogens (tertiary/aromatic N) is 1. The van der Waals surface area contributed by atoms with Gasteiger partial charge in [0.25, 0.3) is 11.9 Å². The lowest BCUT2D eigenvalue weighted by Gasteiger charge is -2.12. The number of ether oxygens (including phenoxy) is 4. The van der Waals surface area contributed by atoms with Crippen LogP contribution in [0, 0.1) is 0 Å². The van der Waals surface area contributed by atoms with E-state index in [4.69, 9.17) is 18.9 Å². The van der Waals surface area contributed by atoms with E-state index in [1.807, 2.05) is 6.92 Å². The molecule has 0 aliphatic carbocycles. The number of hydrogen-bond acceptors (Lipinski definition) is 6. The van der Waals surface area contributed by atoms with Crippen molar-refractivity contribution in [1.29, 1.82) is 0 Å². The third kappa shape index (κ3) is 4.17. The maximum absolute atomic E-state index is 12.4. The molecule has 7 nitrogen and oxygen atoms in total. The SMILES string of the molecule is CCCOC(=NC[C@@H]1CCCO1)NC(=O)c1ccc2c(c1)OCO2. The molecule has 2 aliphatic heterocycles. The number of carbonyl (C=O) groups excluding carboxylic acids is 1. The van der Waals surface area contributed by atoms with Crippen molar-refractivity contribution in [2.45, 2.75) is 32.3 Å². The summed E-state index contributed by atoms with van der Waals surface area (Å²) in [7, 11) is 0. The van der Waals surface area contributed by atoms with E-state index < -0.39 is 0 Å². The Labute approximate surface area is 140 Å². The molecule has 1 fully saturated rings. The first kappa shape index (κ1) is 16.6. The van der Waals surface area contributed by atoms with Gasteiger partial charge in [-0.15, -0.1) is 0 Å². The summed E-state index contributed by atoms with van der Waals surface area (Å²) in [4.78, 5) is 16.8. The number of fused-ring (bicyclic) bond motifs is 1. The molecule has 1 aromatic carbocycles. The number of nitrogens with one attached hydrogen (secondary N) is 1. The zero-order valence-corrected chi connectivity index (χ0v) is 13.7. The fourth-order valence-electron chi connectivity index (χ4n) is 2.50. The second-order valence-electron chi connectivity index (χ2n) is 5.65. The molecule has 1 N–H and O–H groups in total. The van der Waals surface area contributed by atoms with E-state index in [9.17, 15) is 4.79 Å². The Kier molecular flexibility index (Phi) is 5.53. The molecule has 1 amide bonds. The standard InChI is InChI=1S/C17H22N2O5/c1-2-7-22-17(18-10-13-4-3-8-21-13)19-16(20)12-5-6-14-15(9-12)24-11-23-14/h5-6,9,13H,2-4,7-8,10-11H2,1H3,(H,18,19,20)/t13-/m0/s1. The summed E-state index contributed by atoms with van der Waals surface area (Å²) in [5.41, 5.74) is 0.462. The molecular formula is C17H22N2O5. The fraction of sp³-hybridized carbons (Fsp3) is 0.529. The molecule has 0 saturated carbocycles. The molecule has 1 saturated heterocycles. The van der Waals surface area contributed by atoms with Gasteiger partial charge < -0.3 is 18.9 Å². The van der Waals surface area contributed by atoms with E-state index in [1.54, 1.807) is 18.2 Å². The number of hydrogen-bond donors (Lipinski definition) is 1. The number of aliphatic imine (C=N–C) groups is 1. The average Bonchev–Trinajstić information content (AvgIpc) is 3.27. The highest BCUT2D eigenvalue weighted by Gasteiger charge is 2.19. The second-order valence-corrected chi connectivity index (χ2v) is 5.65. The molecule has 1 aromatic rings. The first-order valence-electron chi connectivity index (χ1n) is 8.26. The van der Waals surface area contributed by atoms with Crippen LogP contribution in [0.5, 0.6) is 11.5 Å². The molecule has 1 atom stereocenters. The third-order valence-corrected chi connectivity index (χ3v) is 3.76. The van der Waals surface area contributed by atoms with E-state index in [-0.39, 0.29) is 24.8 Å². The van der Waals surface area contributed by atoms with Crippen LogP contribution in [0.25, 0.3) is 0 Å². The summed E-state index contributed by atoms with van der Waals surface area (Å²) >= 11 is 0. The third-order valence-electron chi connectivity index (χ3n) is 3.76. The van der Waals surface area contributed by atoms with Gasteiger partial charge in [-0.2, -0.15) is 0 Å². The molecule has 0 aromatic heterocycles. The lowest BCUT2D eigenvalue weighted by atomic mass is 10.2. The van der Waals surface area contributed by atoms with Crippen LogP contribution in [-0.2, 0) is 9.47 Å². The highest BCUT2D eigenvalue weighted by atomic mass is 16.7. The van der Waals surface area contributed by atoms with Crippen molar-refractivity contribution in [2.75, 3.05) is 26.6 Å². The Morgan fingerprint density at radius 2 is 2.25 bits per heavy atom. The van der Waals surface area contributed by atoms with E-state index >= 15 is 0 Å². The Morgan fingerprint density at radius 1 is 1.38 bits per heavy atom. The van der Waals surface area contributed by atoms with E-state index in [0.717, 1.165) is 25.9 Å². The van der Waals surface area contributed by atoms with Crippen LogP contribution in [0.15, 0.2) is 23.2 Å². The zero-order chi connectivity index (χ0) is 16.8. The van der Waals surface area contributed by atoms with Crippen molar-refractivity contribution in [3.05, 3.63) is 23.8 Å². The molecule has 7 heteroatoms. The van der Waals surface area contributed by atoms with Crippen LogP contribution in [0.1, 0.15) is 36.5 Å². The van der Waals surface area contributed by atoms with Gasteiger partial charge in [0.15, 0.2) is 11.5 Å². The minimum atomic E-state index is -0.296. The average molecular weight is 334 g/mol. The number of rotatable bonds is 5. The monoisotopic (exact) mass is 334 g/mol. The largest absolute Gasteiger partial charge is 0.465 e. The normalized spacial score (nSPS) is 19.4. The van der Waals surface area contributed by atoms with E-state index in [0.29, 0.717) is 30.2 Å². The number of carbonyl (C=O) groups is 1. The van der Waals surface area contributed by atoms with Gasteiger partial charge in [0.1, 0.15) is 0 Å². The quantitative estimate of drug-likeness (QED) is 0.659. The van der Waals surface area contributed by atoms with Crippen molar-refractivity contribution in [2.24, 2.45) is 4.99 Å². The van der Waals surface area contributed by atoms with Gasteiger partial charge in [-0.1, -0.05) is 6.92 Å². The summed E-state index contributed by atoms with van der Waals surface area (Å²) in [6.07, 6.45) is 2.97. The van der Waals surface area contributed by atoms with Crippen molar-refractivity contribution in [3.8, 4) is 11.5 Å². The lowest BCUT2D eigenvalue weighted by Crippen LogP contribution is -2.33. The topological polar surface area (TPSA) is 78.4 Å². The number of benzene rings is 1. The Bertz CT molecular complexity index is 611. The lowest BCUT2D eigenvalue weighted by molar-refractivity contribution is 0.0962. The first-order chi connectivity index (χ1) is 11.8. The Balaban J connectivity index is 1.64. The minimum absolute atomic E-state index is 0.104. The zero-order valence-electron chi connectivity index (χ0n) is 13.7. The van der Waals surface area contributed by atoms with Gasteiger partial charge in [-0.3, -0.25) is 10.1 Å². The minimum Gasteiger partial charge on any atom is -0.465 e. The van der Waals surface area contributed by atoms with Crippen LogP contribution < -0.4 is 14.8 Å². The van der Waals surface area contributed by atoms with Gasteiger partial charge in [0.2, 0.25) is 6.79 Å². The van der Waals surface area contributed by atoms with Gasteiger partial charge in [0, 0.05) is 12.2 Å². The summed E-state index contributed by atoms with van der Waals surface area (Å²) < 4.78 is 21.6. The van der Waals surface area contributed by atoms with Crippen molar-refractivity contribution in [1.82, 2.24) is 5.32 Å². The molecule has 0 bridgehead atoms. The predicted molar refractivity (Wildman–Crippen MR) is 87.6 cm³/mol. The van der Waals surface area contributed by atoms with Gasteiger partial charge in [0.05, 0.1) is 19.3 Å². The summed E-state index contributed by atoms with van der Waals surface area (Å²) in [5.74, 6) is 0.909.